The summed E-state index contributed by atoms with van der Waals surface area (Å²) in [7, 11) is 1.72. The van der Waals surface area contributed by atoms with Gasteiger partial charge in [-0.25, -0.2) is 0 Å². The van der Waals surface area contributed by atoms with Crippen LogP contribution >= 0.6 is 0 Å². The highest BCUT2D eigenvalue weighted by Gasteiger charge is 2.02. The number of nitrogens with zero attached hydrogens (tertiary/aromatic N) is 1. The third-order valence-corrected chi connectivity index (χ3v) is 3.02. The molecule has 0 radical (unpaired) electrons. The molecule has 0 atom stereocenters. The first-order valence-electron chi connectivity index (χ1n) is 7.42. The second-order valence-corrected chi connectivity index (χ2v) is 4.94. The van der Waals surface area contributed by atoms with E-state index in [1.165, 1.54) is 11.1 Å². The molecule has 1 aromatic rings. The van der Waals surface area contributed by atoms with Gasteiger partial charge in [0.25, 0.3) is 0 Å². The summed E-state index contributed by atoms with van der Waals surface area (Å²) in [6, 6.07) is 8.36. The first-order chi connectivity index (χ1) is 10.2. The lowest BCUT2D eigenvalue weighted by molar-refractivity contribution is -0.120. The number of carbonyl (C=O) groups is 1. The van der Waals surface area contributed by atoms with Crippen molar-refractivity contribution < 1.29 is 4.79 Å². The van der Waals surface area contributed by atoms with Crippen LogP contribution in [0.2, 0.25) is 0 Å². The molecule has 0 fully saturated rings. The highest BCUT2D eigenvalue weighted by molar-refractivity contribution is 5.81. The number of amides is 1. The summed E-state index contributed by atoms with van der Waals surface area (Å²) >= 11 is 0. The van der Waals surface area contributed by atoms with Gasteiger partial charge in [0.15, 0.2) is 5.96 Å². The Bertz CT molecular complexity index is 454. The van der Waals surface area contributed by atoms with Crippen molar-refractivity contribution in [2.45, 2.75) is 33.2 Å². The van der Waals surface area contributed by atoms with Crippen LogP contribution in [-0.4, -0.2) is 32.0 Å². The largest absolute Gasteiger partial charge is 0.356 e. The molecule has 5 heteroatoms. The van der Waals surface area contributed by atoms with E-state index in [1.54, 1.807) is 7.05 Å². The van der Waals surface area contributed by atoms with Gasteiger partial charge in [-0.1, -0.05) is 36.8 Å². The lowest BCUT2D eigenvalue weighted by Gasteiger charge is -2.12. The second-order valence-electron chi connectivity index (χ2n) is 4.94. The van der Waals surface area contributed by atoms with E-state index in [1.807, 2.05) is 6.92 Å². The Morgan fingerprint density at radius 2 is 1.81 bits per heavy atom. The minimum atomic E-state index is 0.0679. The number of hydrogen-bond acceptors (Lipinski definition) is 2. The van der Waals surface area contributed by atoms with Crippen molar-refractivity contribution in [3.8, 4) is 0 Å². The third kappa shape index (κ3) is 7.34. The molecule has 1 amide bonds. The molecule has 0 saturated heterocycles. The molecule has 0 aliphatic rings. The fraction of sp³-hybridized carbons (Fsp3) is 0.500. The zero-order chi connectivity index (χ0) is 15.5. The summed E-state index contributed by atoms with van der Waals surface area (Å²) < 4.78 is 0. The zero-order valence-electron chi connectivity index (χ0n) is 13.2. The van der Waals surface area contributed by atoms with Crippen molar-refractivity contribution >= 4 is 11.9 Å². The van der Waals surface area contributed by atoms with Crippen LogP contribution in [0.5, 0.6) is 0 Å². The van der Waals surface area contributed by atoms with Gasteiger partial charge in [-0.05, 0) is 18.9 Å². The zero-order valence-corrected chi connectivity index (χ0v) is 13.2. The maximum atomic E-state index is 11.5. The van der Waals surface area contributed by atoms with E-state index in [-0.39, 0.29) is 5.91 Å². The van der Waals surface area contributed by atoms with E-state index in [0.717, 1.165) is 13.0 Å². The SMILES string of the molecule is CCCNC(=O)CCNC(=NC)NCc1ccc(C)cc1. The smallest absolute Gasteiger partial charge is 0.221 e. The summed E-state index contributed by atoms with van der Waals surface area (Å²) in [5, 5.41) is 9.21. The molecule has 3 N–H and O–H groups in total. The van der Waals surface area contributed by atoms with E-state index < -0.39 is 0 Å². The molecule has 1 rings (SSSR count). The maximum Gasteiger partial charge on any atom is 0.221 e. The minimum Gasteiger partial charge on any atom is -0.356 e. The number of guanidine groups is 1. The monoisotopic (exact) mass is 290 g/mol. The van der Waals surface area contributed by atoms with Crippen LogP contribution in [-0.2, 0) is 11.3 Å². The predicted octanol–water partition coefficient (Wildman–Crippen LogP) is 1.58. The summed E-state index contributed by atoms with van der Waals surface area (Å²) in [6.07, 6.45) is 1.41. The van der Waals surface area contributed by atoms with Gasteiger partial charge in [0.2, 0.25) is 5.91 Å². The van der Waals surface area contributed by atoms with Crippen LogP contribution in [0.1, 0.15) is 30.9 Å². The van der Waals surface area contributed by atoms with Gasteiger partial charge in [-0.3, -0.25) is 9.79 Å². The van der Waals surface area contributed by atoms with Crippen LogP contribution in [0.3, 0.4) is 0 Å². The van der Waals surface area contributed by atoms with Crippen molar-refractivity contribution in [3.05, 3.63) is 35.4 Å². The topological polar surface area (TPSA) is 65.5 Å². The maximum absolute atomic E-state index is 11.5. The molecule has 0 bridgehead atoms. The van der Waals surface area contributed by atoms with E-state index in [0.29, 0.717) is 25.5 Å². The molecule has 116 valence electrons. The molecule has 5 nitrogen and oxygen atoms in total. The average Bonchev–Trinajstić information content (AvgIpc) is 2.50. The minimum absolute atomic E-state index is 0.0679. The van der Waals surface area contributed by atoms with Crippen LogP contribution in [0.25, 0.3) is 0 Å². The Hall–Kier alpha value is -2.04. The lowest BCUT2D eigenvalue weighted by Crippen LogP contribution is -2.39. The van der Waals surface area contributed by atoms with Gasteiger partial charge >= 0.3 is 0 Å². The summed E-state index contributed by atoms with van der Waals surface area (Å²) in [4.78, 5) is 15.6. The summed E-state index contributed by atoms with van der Waals surface area (Å²) in [5.74, 6) is 0.775. The van der Waals surface area contributed by atoms with Crippen LogP contribution in [0.4, 0.5) is 0 Å². The lowest BCUT2D eigenvalue weighted by atomic mass is 10.1. The number of rotatable bonds is 7. The highest BCUT2D eigenvalue weighted by atomic mass is 16.1. The number of nitrogens with one attached hydrogen (secondary N) is 3. The summed E-state index contributed by atoms with van der Waals surface area (Å²) in [5.41, 5.74) is 2.45. The normalized spacial score (nSPS) is 11.1. The standard InChI is InChI=1S/C16H26N4O/c1-4-10-18-15(21)9-11-19-16(17-3)20-12-14-7-5-13(2)6-8-14/h5-8H,4,9-12H2,1-3H3,(H,18,21)(H2,17,19,20). The number of aliphatic imine (C=N–C) groups is 1. The molecule has 1 aromatic carbocycles. The first kappa shape index (κ1) is 17.0. The number of benzene rings is 1. The van der Waals surface area contributed by atoms with Gasteiger partial charge in [0.05, 0.1) is 0 Å². The van der Waals surface area contributed by atoms with Gasteiger partial charge in [-0.15, -0.1) is 0 Å². The van der Waals surface area contributed by atoms with Crippen LogP contribution in [0, 0.1) is 6.92 Å². The Morgan fingerprint density at radius 1 is 1.10 bits per heavy atom. The Morgan fingerprint density at radius 3 is 2.43 bits per heavy atom. The average molecular weight is 290 g/mol. The number of carbonyl (C=O) groups excluding carboxylic acids is 1. The second kappa shape index (κ2) is 9.80. The molecular weight excluding hydrogens is 264 g/mol. The molecular formula is C16H26N4O. The van der Waals surface area contributed by atoms with Gasteiger partial charge in [-0.2, -0.15) is 0 Å². The van der Waals surface area contributed by atoms with Crippen LogP contribution < -0.4 is 16.0 Å². The number of aryl methyl sites for hydroxylation is 1. The molecule has 0 aliphatic heterocycles. The number of hydrogen-bond donors (Lipinski definition) is 3. The van der Waals surface area contributed by atoms with E-state index in [9.17, 15) is 4.79 Å². The van der Waals surface area contributed by atoms with Crippen molar-refractivity contribution in [1.82, 2.24) is 16.0 Å². The van der Waals surface area contributed by atoms with Crippen molar-refractivity contribution in [2.75, 3.05) is 20.1 Å². The Kier molecular flexibility index (Phi) is 7.94. The fourth-order valence-corrected chi connectivity index (χ4v) is 1.76. The van der Waals surface area contributed by atoms with E-state index in [2.05, 4.69) is 52.1 Å². The van der Waals surface area contributed by atoms with Crippen molar-refractivity contribution in [2.24, 2.45) is 4.99 Å². The Labute approximate surface area is 127 Å². The van der Waals surface area contributed by atoms with Gasteiger partial charge < -0.3 is 16.0 Å². The molecule has 0 heterocycles. The van der Waals surface area contributed by atoms with E-state index in [4.69, 9.17) is 0 Å². The summed E-state index contributed by atoms with van der Waals surface area (Å²) in [6.45, 7) is 6.13. The molecule has 0 saturated carbocycles. The molecule has 0 aliphatic carbocycles. The highest BCUT2D eigenvalue weighted by Crippen LogP contribution is 2.02. The Balaban J connectivity index is 2.26. The van der Waals surface area contributed by atoms with Gasteiger partial charge in [0, 0.05) is 33.1 Å². The molecule has 0 aromatic heterocycles. The predicted molar refractivity (Wildman–Crippen MR) is 87.3 cm³/mol. The van der Waals surface area contributed by atoms with Gasteiger partial charge in [0.1, 0.15) is 0 Å². The van der Waals surface area contributed by atoms with Crippen molar-refractivity contribution in [3.63, 3.8) is 0 Å². The molecule has 0 spiro atoms. The quantitative estimate of drug-likeness (QED) is 0.527. The third-order valence-electron chi connectivity index (χ3n) is 3.02. The first-order valence-corrected chi connectivity index (χ1v) is 7.42. The fourth-order valence-electron chi connectivity index (χ4n) is 1.76. The molecule has 0 unspecified atom stereocenters. The van der Waals surface area contributed by atoms with E-state index >= 15 is 0 Å². The van der Waals surface area contributed by atoms with Crippen LogP contribution in [0.15, 0.2) is 29.3 Å². The van der Waals surface area contributed by atoms with Crippen molar-refractivity contribution in [1.29, 1.82) is 0 Å². The molecule has 21 heavy (non-hydrogen) atoms.